The fourth-order valence-corrected chi connectivity index (χ4v) is 5.57. The van der Waals surface area contributed by atoms with Crippen LogP contribution >= 0.6 is 0 Å². The molecule has 0 aliphatic rings. The summed E-state index contributed by atoms with van der Waals surface area (Å²) in [5, 5.41) is 20.8. The van der Waals surface area contributed by atoms with Crippen LogP contribution in [0.2, 0.25) is 0 Å². The Kier molecular flexibility index (Phi) is 13.9. The molecule has 0 unspecified atom stereocenters. The molecule has 0 aromatic heterocycles. The minimum atomic E-state index is -1.01. The van der Waals surface area contributed by atoms with Crippen molar-refractivity contribution in [1.82, 2.24) is 0 Å². The number of aromatic carboxylic acids is 1. The molecule has 0 saturated carbocycles. The number of carbonyl (C=O) groups is 1. The van der Waals surface area contributed by atoms with Gasteiger partial charge in [0.2, 0.25) is 0 Å². The number of benzene rings is 6. The van der Waals surface area contributed by atoms with Gasteiger partial charge in [-0.3, -0.25) is 0 Å². The number of carboxylic acid groups (broad SMARTS) is 1. The van der Waals surface area contributed by atoms with Crippen LogP contribution in [0.3, 0.4) is 0 Å². The van der Waals surface area contributed by atoms with E-state index in [0.29, 0.717) is 51.6 Å². The zero-order chi connectivity index (χ0) is 38.1. The van der Waals surface area contributed by atoms with Gasteiger partial charge < -0.3 is 48.1 Å². The molecule has 0 bridgehead atoms. The third-order valence-corrected chi connectivity index (χ3v) is 8.13. The summed E-state index contributed by atoms with van der Waals surface area (Å²) in [6.45, 7) is 1.64. The molecule has 0 fully saturated rings. The predicted molar refractivity (Wildman–Crippen MR) is 207 cm³/mol. The van der Waals surface area contributed by atoms with E-state index >= 15 is 0 Å². The molecule has 6 rings (SSSR count). The number of aliphatic hydroxyl groups excluding tert-OH is 1. The molecule has 6 aromatic rings. The van der Waals surface area contributed by atoms with Crippen molar-refractivity contribution in [3.63, 3.8) is 0 Å². The molecule has 0 amide bonds. The van der Waals surface area contributed by atoms with Crippen molar-refractivity contribution in [2.45, 2.75) is 6.61 Å². The van der Waals surface area contributed by atoms with E-state index in [-0.39, 0.29) is 65.0 Å². The number of hydrogen-bond donors (Lipinski definition) is 2. The Hall–Kier alpha value is -6.59. The topological polar surface area (TPSA) is 131 Å². The highest BCUT2D eigenvalue weighted by atomic mass is 16.6. The average molecular weight is 747 g/mol. The molecule has 11 nitrogen and oxygen atoms in total. The second-order valence-electron chi connectivity index (χ2n) is 11.9. The van der Waals surface area contributed by atoms with Gasteiger partial charge in [0.1, 0.15) is 52.9 Å². The number of ether oxygens (including phenoxy) is 8. The van der Waals surface area contributed by atoms with Crippen LogP contribution in [0.25, 0.3) is 10.8 Å². The molecule has 11 heteroatoms. The van der Waals surface area contributed by atoms with Crippen LogP contribution in [0.4, 0.5) is 0 Å². The van der Waals surface area contributed by atoms with Crippen molar-refractivity contribution in [3.8, 4) is 46.0 Å². The number of carboxylic acids is 1. The minimum Gasteiger partial charge on any atom is -0.487 e. The molecular formula is C44H42O11. The van der Waals surface area contributed by atoms with Crippen LogP contribution in [0, 0.1) is 0 Å². The van der Waals surface area contributed by atoms with Gasteiger partial charge >= 0.3 is 5.97 Å². The van der Waals surface area contributed by atoms with Crippen LogP contribution in [0.1, 0.15) is 15.9 Å². The predicted octanol–water partition coefficient (Wildman–Crippen LogP) is 7.86. The molecule has 0 spiro atoms. The summed E-state index contributed by atoms with van der Waals surface area (Å²) >= 11 is 0. The zero-order valence-corrected chi connectivity index (χ0v) is 30.1. The lowest BCUT2D eigenvalue weighted by atomic mass is 10.1. The van der Waals surface area contributed by atoms with Gasteiger partial charge in [-0.2, -0.15) is 0 Å². The lowest BCUT2D eigenvalue weighted by molar-refractivity contribution is 0.0694. The fourth-order valence-electron chi connectivity index (χ4n) is 5.57. The van der Waals surface area contributed by atoms with Crippen LogP contribution in [0.5, 0.6) is 46.0 Å². The van der Waals surface area contributed by atoms with Crippen LogP contribution in [0.15, 0.2) is 133 Å². The first-order valence-corrected chi connectivity index (χ1v) is 17.8. The van der Waals surface area contributed by atoms with Gasteiger partial charge in [0.05, 0.1) is 12.2 Å². The molecule has 6 aromatic carbocycles. The van der Waals surface area contributed by atoms with Gasteiger partial charge in [-0.15, -0.1) is 0 Å². The summed E-state index contributed by atoms with van der Waals surface area (Å²) < 4.78 is 47.6. The van der Waals surface area contributed by atoms with Gasteiger partial charge in [-0.05, 0) is 65.4 Å². The van der Waals surface area contributed by atoms with Crippen molar-refractivity contribution < 1.29 is 52.9 Å². The van der Waals surface area contributed by atoms with E-state index in [4.69, 9.17) is 37.9 Å². The Morgan fingerprint density at radius 2 is 0.727 bits per heavy atom. The largest absolute Gasteiger partial charge is 0.487 e. The molecule has 0 radical (unpaired) electrons. The second-order valence-corrected chi connectivity index (χ2v) is 11.9. The molecule has 284 valence electrons. The Morgan fingerprint density at radius 3 is 1.13 bits per heavy atom. The third-order valence-electron chi connectivity index (χ3n) is 8.13. The summed E-state index contributed by atoms with van der Waals surface area (Å²) in [6, 6.07) is 40.4. The molecule has 55 heavy (non-hydrogen) atoms. The van der Waals surface area contributed by atoms with Crippen molar-refractivity contribution in [1.29, 1.82) is 0 Å². The monoisotopic (exact) mass is 746 g/mol. The Balaban J connectivity index is 0.940. The highest BCUT2D eigenvalue weighted by molar-refractivity contribution is 5.89. The number of hydrogen-bond acceptors (Lipinski definition) is 10. The van der Waals surface area contributed by atoms with Crippen LogP contribution in [-0.2, 0) is 6.61 Å². The number of aliphatic hydroxyl groups is 1. The quantitative estimate of drug-likeness (QED) is 0.0659. The van der Waals surface area contributed by atoms with E-state index in [1.807, 2.05) is 97.1 Å². The normalized spacial score (nSPS) is 10.7. The number of para-hydroxylation sites is 6. The first kappa shape index (κ1) is 38.1. The number of fused-ring (bicyclic) bond motifs is 1. The first-order valence-electron chi connectivity index (χ1n) is 17.8. The van der Waals surface area contributed by atoms with Crippen molar-refractivity contribution in [2.75, 3.05) is 52.9 Å². The summed E-state index contributed by atoms with van der Waals surface area (Å²) in [5.74, 6) is 3.39. The highest BCUT2D eigenvalue weighted by Gasteiger charge is 2.13. The van der Waals surface area contributed by atoms with Crippen LogP contribution < -0.4 is 37.9 Å². The molecule has 0 aliphatic carbocycles. The molecule has 0 heterocycles. The number of rotatable bonds is 22. The lowest BCUT2D eigenvalue weighted by Gasteiger charge is -2.16. The second kappa shape index (κ2) is 20.0. The van der Waals surface area contributed by atoms with E-state index in [2.05, 4.69) is 0 Å². The Labute approximate surface area is 319 Å². The molecule has 2 N–H and O–H groups in total. The van der Waals surface area contributed by atoms with E-state index in [0.717, 1.165) is 10.8 Å². The summed E-state index contributed by atoms with van der Waals surface area (Å²) in [7, 11) is 0. The standard InChI is InChI=1S/C44H42O11/c45-21-22-48-42-29-32-11-1-2-12-33(32)30-43(42)54-28-27-52-39-18-8-7-17-38(39)50-24-23-49-36-15-5-6-16-37(36)51-25-26-53-40-19-9-10-20-41(40)55-31-34-13-3-4-14-35(34)44(46)47/h1-20,29-30,45H,21-28,31H2,(H,46,47). The van der Waals surface area contributed by atoms with Crippen molar-refractivity contribution in [3.05, 3.63) is 145 Å². The Morgan fingerprint density at radius 1 is 0.400 bits per heavy atom. The highest BCUT2D eigenvalue weighted by Crippen LogP contribution is 2.33. The smallest absolute Gasteiger partial charge is 0.336 e. The maximum atomic E-state index is 11.6. The van der Waals surface area contributed by atoms with E-state index in [1.54, 1.807) is 36.4 Å². The summed E-state index contributed by atoms with van der Waals surface area (Å²) in [4.78, 5) is 11.6. The first-order chi connectivity index (χ1) is 27.1. The maximum Gasteiger partial charge on any atom is 0.336 e. The molecule has 0 saturated heterocycles. The van der Waals surface area contributed by atoms with Crippen LogP contribution in [-0.4, -0.2) is 69.0 Å². The van der Waals surface area contributed by atoms with E-state index in [1.165, 1.54) is 0 Å². The van der Waals surface area contributed by atoms with Gasteiger partial charge in [0, 0.05) is 5.56 Å². The van der Waals surface area contributed by atoms with Gasteiger partial charge in [-0.25, -0.2) is 4.79 Å². The SMILES string of the molecule is O=C(O)c1ccccc1COc1ccccc1OCCOc1ccccc1OCCOc1ccccc1OCCOc1cc2ccccc2cc1OCCO. The molecule has 0 aliphatic heterocycles. The average Bonchev–Trinajstić information content (AvgIpc) is 3.22. The van der Waals surface area contributed by atoms with Crippen molar-refractivity contribution in [2.24, 2.45) is 0 Å². The fraction of sp³-hybridized carbons (Fsp3) is 0.205. The van der Waals surface area contributed by atoms with Gasteiger partial charge in [0.15, 0.2) is 46.0 Å². The van der Waals surface area contributed by atoms with Gasteiger partial charge in [-0.1, -0.05) is 78.9 Å². The van der Waals surface area contributed by atoms with Gasteiger partial charge in [0.25, 0.3) is 0 Å². The van der Waals surface area contributed by atoms with E-state index in [9.17, 15) is 15.0 Å². The minimum absolute atomic E-state index is 0.0816. The van der Waals surface area contributed by atoms with Crippen molar-refractivity contribution >= 4 is 16.7 Å². The maximum absolute atomic E-state index is 11.6. The van der Waals surface area contributed by atoms with E-state index < -0.39 is 5.97 Å². The summed E-state index contributed by atoms with van der Waals surface area (Å²) in [5.41, 5.74) is 0.755. The molecular weight excluding hydrogens is 704 g/mol. The zero-order valence-electron chi connectivity index (χ0n) is 30.1. The lowest BCUT2D eigenvalue weighted by Crippen LogP contribution is -2.13. The summed E-state index contributed by atoms with van der Waals surface area (Å²) in [6.07, 6.45) is 0. The third kappa shape index (κ3) is 11.0. The molecule has 0 atom stereocenters. The Bertz CT molecular complexity index is 2130.